The van der Waals surface area contributed by atoms with Crippen LogP contribution in [-0.2, 0) is 6.18 Å². The summed E-state index contributed by atoms with van der Waals surface area (Å²) in [6.07, 6.45) is -2.73. The molecule has 0 saturated carbocycles. The maximum atomic E-state index is 12.9. The number of amides is 1. The minimum absolute atomic E-state index is 0.0873. The van der Waals surface area contributed by atoms with E-state index in [1.165, 1.54) is 6.07 Å². The quantitative estimate of drug-likeness (QED) is 0.796. The lowest BCUT2D eigenvalue weighted by molar-refractivity contribution is -0.137. The molecule has 1 aliphatic heterocycles. The van der Waals surface area contributed by atoms with Gasteiger partial charge in [-0.1, -0.05) is 0 Å². The molecule has 1 saturated heterocycles. The third-order valence-corrected chi connectivity index (χ3v) is 3.26. The van der Waals surface area contributed by atoms with Gasteiger partial charge in [-0.2, -0.15) is 13.2 Å². The lowest BCUT2D eigenvalue weighted by atomic mass is 10.0. The van der Waals surface area contributed by atoms with E-state index in [0.29, 0.717) is 12.2 Å². The Morgan fingerprint density at radius 2 is 2.15 bits per heavy atom. The first kappa shape index (κ1) is 14.6. The normalized spacial score (nSPS) is 19.6. The van der Waals surface area contributed by atoms with Gasteiger partial charge in [0.2, 0.25) is 5.91 Å². The van der Waals surface area contributed by atoms with Gasteiger partial charge in [-0.25, -0.2) is 0 Å². The zero-order valence-corrected chi connectivity index (χ0v) is 10.8. The number of carbonyl (C=O) groups is 1. The largest absolute Gasteiger partial charge is 0.417 e. The molecule has 0 radical (unpaired) electrons. The average molecular weight is 287 g/mol. The summed E-state index contributed by atoms with van der Waals surface area (Å²) >= 11 is 0. The lowest BCUT2D eigenvalue weighted by Crippen LogP contribution is -2.38. The molecule has 1 atom stereocenters. The highest BCUT2D eigenvalue weighted by Crippen LogP contribution is 2.34. The van der Waals surface area contributed by atoms with Crippen LogP contribution < -0.4 is 16.4 Å². The van der Waals surface area contributed by atoms with E-state index in [1.807, 2.05) is 0 Å². The Morgan fingerprint density at radius 1 is 1.40 bits per heavy atom. The molecule has 2 rings (SSSR count). The Balaban J connectivity index is 2.25. The number of benzene rings is 1. The average Bonchev–Trinajstić information content (AvgIpc) is 2.38. The Kier molecular flexibility index (Phi) is 4.17. The van der Waals surface area contributed by atoms with Crippen molar-refractivity contribution in [2.75, 3.05) is 18.4 Å². The maximum Gasteiger partial charge on any atom is 0.417 e. The molecule has 0 aliphatic carbocycles. The first-order valence-corrected chi connectivity index (χ1v) is 6.36. The molecule has 1 aromatic carbocycles. The number of nitrogens with two attached hydrogens (primary N) is 1. The highest BCUT2D eigenvalue weighted by molar-refractivity contribution is 5.95. The molecule has 0 spiro atoms. The molecule has 0 bridgehead atoms. The molecule has 4 nitrogen and oxygen atoms in total. The molecule has 20 heavy (non-hydrogen) atoms. The summed E-state index contributed by atoms with van der Waals surface area (Å²) in [5, 5.41) is 6.22. The topological polar surface area (TPSA) is 67.2 Å². The van der Waals surface area contributed by atoms with Gasteiger partial charge in [0, 0.05) is 18.3 Å². The van der Waals surface area contributed by atoms with Crippen LogP contribution in [0.2, 0.25) is 0 Å². The molecule has 1 unspecified atom stereocenters. The van der Waals surface area contributed by atoms with Gasteiger partial charge in [-0.05, 0) is 37.6 Å². The molecule has 4 N–H and O–H groups in total. The molecule has 1 heterocycles. The van der Waals surface area contributed by atoms with E-state index in [2.05, 4.69) is 10.6 Å². The molecule has 110 valence electrons. The number of nitrogens with one attached hydrogen (secondary N) is 2. The fourth-order valence-electron chi connectivity index (χ4n) is 2.29. The van der Waals surface area contributed by atoms with E-state index >= 15 is 0 Å². The summed E-state index contributed by atoms with van der Waals surface area (Å²) in [6, 6.07) is 3.59. The number of primary amides is 1. The van der Waals surface area contributed by atoms with E-state index in [9.17, 15) is 18.0 Å². The second-order valence-electron chi connectivity index (χ2n) is 4.81. The first-order valence-electron chi connectivity index (χ1n) is 6.36. The van der Waals surface area contributed by atoms with Crippen molar-refractivity contribution < 1.29 is 18.0 Å². The van der Waals surface area contributed by atoms with Crippen LogP contribution >= 0.6 is 0 Å². The highest BCUT2D eigenvalue weighted by atomic mass is 19.4. The third-order valence-electron chi connectivity index (χ3n) is 3.26. The molecular weight excluding hydrogens is 271 g/mol. The minimum Gasteiger partial charge on any atom is -0.381 e. The lowest BCUT2D eigenvalue weighted by Gasteiger charge is -2.25. The van der Waals surface area contributed by atoms with E-state index < -0.39 is 23.2 Å². The van der Waals surface area contributed by atoms with Gasteiger partial charge in [-0.15, -0.1) is 0 Å². The fourth-order valence-corrected chi connectivity index (χ4v) is 2.29. The first-order chi connectivity index (χ1) is 9.38. The smallest absolute Gasteiger partial charge is 0.381 e. The van der Waals surface area contributed by atoms with Crippen molar-refractivity contribution in [3.8, 4) is 0 Å². The maximum absolute atomic E-state index is 12.9. The van der Waals surface area contributed by atoms with Crippen LogP contribution in [0.4, 0.5) is 18.9 Å². The van der Waals surface area contributed by atoms with Gasteiger partial charge in [0.05, 0.1) is 11.1 Å². The molecular formula is C13H16F3N3O. The Hall–Kier alpha value is -1.76. The standard InChI is InChI=1S/C13H16F3N3O/c14-13(15,16)11-6-8(3-4-10(11)12(17)20)19-9-2-1-5-18-7-9/h3-4,6,9,18-19H,1-2,5,7H2,(H2,17,20). The summed E-state index contributed by atoms with van der Waals surface area (Å²) in [5.74, 6) is -1.08. The summed E-state index contributed by atoms with van der Waals surface area (Å²) < 4.78 is 38.8. The van der Waals surface area contributed by atoms with Crippen molar-refractivity contribution in [2.24, 2.45) is 5.73 Å². The van der Waals surface area contributed by atoms with Gasteiger partial charge >= 0.3 is 6.18 Å². The van der Waals surface area contributed by atoms with Gasteiger partial charge in [0.15, 0.2) is 0 Å². The van der Waals surface area contributed by atoms with Crippen molar-refractivity contribution in [3.63, 3.8) is 0 Å². The van der Waals surface area contributed by atoms with Crippen molar-refractivity contribution in [1.82, 2.24) is 5.32 Å². The molecule has 1 aromatic rings. The van der Waals surface area contributed by atoms with Crippen molar-refractivity contribution in [3.05, 3.63) is 29.3 Å². The van der Waals surface area contributed by atoms with Crippen molar-refractivity contribution >= 4 is 11.6 Å². The molecule has 1 fully saturated rings. The number of hydrogen-bond acceptors (Lipinski definition) is 3. The Morgan fingerprint density at radius 3 is 2.70 bits per heavy atom. The summed E-state index contributed by atoms with van der Waals surface area (Å²) in [6.45, 7) is 1.63. The summed E-state index contributed by atoms with van der Waals surface area (Å²) in [7, 11) is 0. The number of rotatable bonds is 3. The van der Waals surface area contributed by atoms with Crippen molar-refractivity contribution in [2.45, 2.75) is 25.1 Å². The van der Waals surface area contributed by atoms with Crippen LogP contribution in [0, 0.1) is 0 Å². The predicted molar refractivity (Wildman–Crippen MR) is 69.5 cm³/mol. The highest BCUT2D eigenvalue weighted by Gasteiger charge is 2.35. The van der Waals surface area contributed by atoms with Crippen LogP contribution in [0.15, 0.2) is 18.2 Å². The van der Waals surface area contributed by atoms with Crippen LogP contribution in [0.25, 0.3) is 0 Å². The number of hydrogen-bond donors (Lipinski definition) is 3. The Bertz CT molecular complexity index is 496. The van der Waals surface area contributed by atoms with Crippen LogP contribution in [0.3, 0.4) is 0 Å². The van der Waals surface area contributed by atoms with Gasteiger partial charge in [0.25, 0.3) is 0 Å². The van der Waals surface area contributed by atoms with Crippen LogP contribution in [-0.4, -0.2) is 25.0 Å². The van der Waals surface area contributed by atoms with E-state index in [0.717, 1.165) is 31.5 Å². The zero-order valence-electron chi connectivity index (χ0n) is 10.8. The predicted octanol–water partition coefficient (Wildman–Crippen LogP) is 1.97. The molecule has 1 amide bonds. The monoisotopic (exact) mass is 287 g/mol. The SMILES string of the molecule is NC(=O)c1ccc(NC2CCCNC2)cc1C(F)(F)F. The second-order valence-corrected chi connectivity index (χ2v) is 4.81. The van der Waals surface area contributed by atoms with Crippen LogP contribution in [0.1, 0.15) is 28.8 Å². The van der Waals surface area contributed by atoms with E-state index in [1.54, 1.807) is 0 Å². The Labute approximate surface area is 114 Å². The molecule has 1 aliphatic rings. The number of carbonyl (C=O) groups excluding carboxylic acids is 1. The van der Waals surface area contributed by atoms with Gasteiger partial charge < -0.3 is 16.4 Å². The third kappa shape index (κ3) is 3.41. The number of anilines is 1. The molecule has 0 aromatic heterocycles. The zero-order chi connectivity index (χ0) is 14.8. The summed E-state index contributed by atoms with van der Waals surface area (Å²) in [4.78, 5) is 11.1. The van der Waals surface area contributed by atoms with Crippen LogP contribution in [0.5, 0.6) is 0 Å². The second kappa shape index (κ2) is 5.70. The fraction of sp³-hybridized carbons (Fsp3) is 0.462. The van der Waals surface area contributed by atoms with E-state index in [-0.39, 0.29) is 6.04 Å². The molecule has 7 heteroatoms. The minimum atomic E-state index is -4.60. The van der Waals surface area contributed by atoms with E-state index in [4.69, 9.17) is 5.73 Å². The van der Waals surface area contributed by atoms with Gasteiger partial charge in [-0.3, -0.25) is 4.79 Å². The number of halogens is 3. The summed E-state index contributed by atoms with van der Waals surface area (Å²) in [5.41, 5.74) is 3.81. The number of piperidine rings is 1. The van der Waals surface area contributed by atoms with Gasteiger partial charge in [0.1, 0.15) is 0 Å². The number of alkyl halides is 3. The van der Waals surface area contributed by atoms with Crippen molar-refractivity contribution in [1.29, 1.82) is 0 Å².